The summed E-state index contributed by atoms with van der Waals surface area (Å²) < 4.78 is 12.2. The predicted molar refractivity (Wildman–Crippen MR) is 66.0 cm³/mol. The van der Waals surface area contributed by atoms with Gasteiger partial charge in [0.05, 0.1) is 16.9 Å². The monoisotopic (exact) mass is 334 g/mol. The number of nitrogens with zero attached hydrogens (tertiary/aromatic N) is 2. The van der Waals surface area contributed by atoms with Crippen LogP contribution in [0.3, 0.4) is 0 Å². The highest BCUT2D eigenvalue weighted by Crippen LogP contribution is 2.03. The van der Waals surface area contributed by atoms with Crippen molar-refractivity contribution in [3.8, 4) is 6.07 Å². The third-order valence-electron chi connectivity index (χ3n) is 1.89. The zero-order valence-corrected chi connectivity index (χ0v) is 10.9. The highest BCUT2D eigenvalue weighted by Gasteiger charge is 2.06. The van der Waals surface area contributed by atoms with Crippen molar-refractivity contribution in [3.05, 3.63) is 31.8 Å². The number of hydrogen-bond donors (Lipinski definition) is 0. The van der Waals surface area contributed by atoms with Crippen molar-refractivity contribution < 1.29 is 9.47 Å². The van der Waals surface area contributed by atoms with Crippen LogP contribution in [-0.2, 0) is 16.2 Å². The summed E-state index contributed by atoms with van der Waals surface area (Å²) in [4.78, 5) is 11.7. The Morgan fingerprint density at radius 2 is 2.25 bits per heavy atom. The molecule has 0 radical (unpaired) electrons. The van der Waals surface area contributed by atoms with Gasteiger partial charge in [0.2, 0.25) is 0 Å². The van der Waals surface area contributed by atoms with Gasteiger partial charge in [-0.3, -0.25) is 9.36 Å². The summed E-state index contributed by atoms with van der Waals surface area (Å²) in [6.45, 7) is 1.02. The molecule has 0 fully saturated rings. The standard InChI is InChI=1S/C10H11IN2O3/c1-15-4-5-16-7-13-9(11)3-2-8(6-12)10(13)14/h2-3H,4-5,7H2,1H3. The van der Waals surface area contributed by atoms with Crippen molar-refractivity contribution >= 4 is 22.6 Å². The molecule has 0 N–H and O–H groups in total. The molecular formula is C10H11IN2O3. The second-order valence-corrected chi connectivity index (χ2v) is 4.05. The maximum atomic E-state index is 11.7. The van der Waals surface area contributed by atoms with E-state index in [1.807, 2.05) is 28.7 Å². The molecule has 0 saturated heterocycles. The average molecular weight is 334 g/mol. The van der Waals surface area contributed by atoms with E-state index in [9.17, 15) is 4.79 Å². The van der Waals surface area contributed by atoms with Crippen LogP contribution in [0.15, 0.2) is 16.9 Å². The van der Waals surface area contributed by atoms with Crippen LogP contribution < -0.4 is 5.56 Å². The van der Waals surface area contributed by atoms with Crippen LogP contribution in [0.1, 0.15) is 5.56 Å². The lowest BCUT2D eigenvalue weighted by atomic mass is 10.3. The number of methoxy groups -OCH3 is 1. The Hall–Kier alpha value is -0.910. The lowest BCUT2D eigenvalue weighted by Gasteiger charge is -2.09. The molecule has 0 atom stereocenters. The van der Waals surface area contributed by atoms with Crippen molar-refractivity contribution in [2.75, 3.05) is 20.3 Å². The van der Waals surface area contributed by atoms with E-state index in [-0.39, 0.29) is 17.9 Å². The minimum Gasteiger partial charge on any atom is -0.382 e. The first-order valence-electron chi connectivity index (χ1n) is 4.57. The minimum absolute atomic E-state index is 0.121. The summed E-state index contributed by atoms with van der Waals surface area (Å²) >= 11 is 2.02. The van der Waals surface area contributed by atoms with Crippen molar-refractivity contribution in [2.45, 2.75) is 6.73 Å². The number of halogens is 1. The smallest absolute Gasteiger partial charge is 0.271 e. The quantitative estimate of drug-likeness (QED) is 0.457. The van der Waals surface area contributed by atoms with Crippen LogP contribution in [0.4, 0.5) is 0 Å². The van der Waals surface area contributed by atoms with Crippen LogP contribution in [0.25, 0.3) is 0 Å². The average Bonchev–Trinajstić information content (AvgIpc) is 2.28. The molecule has 1 aromatic heterocycles. The summed E-state index contributed by atoms with van der Waals surface area (Å²) in [6, 6.07) is 5.07. The number of rotatable bonds is 5. The third kappa shape index (κ3) is 3.30. The molecule has 16 heavy (non-hydrogen) atoms. The zero-order valence-electron chi connectivity index (χ0n) is 8.77. The Kier molecular flexibility index (Phi) is 5.45. The lowest BCUT2D eigenvalue weighted by Crippen LogP contribution is -2.26. The fourth-order valence-electron chi connectivity index (χ4n) is 1.06. The first-order chi connectivity index (χ1) is 7.70. The molecule has 0 bridgehead atoms. The van der Waals surface area contributed by atoms with E-state index in [1.54, 1.807) is 13.2 Å². The Labute approximate surface area is 107 Å². The third-order valence-corrected chi connectivity index (χ3v) is 2.84. The Balaban J connectivity index is 2.79. The topological polar surface area (TPSA) is 64.2 Å². The molecule has 5 nitrogen and oxygen atoms in total. The highest BCUT2D eigenvalue weighted by atomic mass is 127. The molecule has 0 aliphatic heterocycles. The van der Waals surface area contributed by atoms with Crippen LogP contribution in [0, 0.1) is 15.0 Å². The molecule has 6 heteroatoms. The van der Waals surface area contributed by atoms with Gasteiger partial charge in [-0.05, 0) is 34.7 Å². The van der Waals surface area contributed by atoms with Gasteiger partial charge in [-0.15, -0.1) is 0 Å². The fourth-order valence-corrected chi connectivity index (χ4v) is 1.60. The zero-order chi connectivity index (χ0) is 12.0. The first-order valence-corrected chi connectivity index (χ1v) is 5.64. The number of ether oxygens (including phenoxy) is 2. The van der Waals surface area contributed by atoms with Crippen molar-refractivity contribution in [2.24, 2.45) is 0 Å². The second kappa shape index (κ2) is 6.62. The minimum atomic E-state index is -0.327. The molecule has 0 spiro atoms. The number of hydrogen-bond acceptors (Lipinski definition) is 4. The SMILES string of the molecule is COCCOCn1c(I)ccc(C#N)c1=O. The van der Waals surface area contributed by atoms with Gasteiger partial charge in [-0.25, -0.2) is 0 Å². The molecule has 86 valence electrons. The number of aromatic nitrogens is 1. The van der Waals surface area contributed by atoms with Gasteiger partial charge in [-0.2, -0.15) is 5.26 Å². The van der Waals surface area contributed by atoms with Crippen LogP contribution in [0.5, 0.6) is 0 Å². The van der Waals surface area contributed by atoms with Crippen LogP contribution in [-0.4, -0.2) is 24.9 Å². The maximum absolute atomic E-state index is 11.7. The van der Waals surface area contributed by atoms with Crippen LogP contribution in [0.2, 0.25) is 0 Å². The van der Waals surface area contributed by atoms with Gasteiger partial charge >= 0.3 is 0 Å². The highest BCUT2D eigenvalue weighted by molar-refractivity contribution is 14.1. The summed E-state index contributed by atoms with van der Waals surface area (Å²) in [5.41, 5.74) is -0.206. The largest absolute Gasteiger partial charge is 0.382 e. The number of nitriles is 1. The molecule has 1 rings (SSSR count). The van der Waals surface area contributed by atoms with E-state index in [2.05, 4.69) is 0 Å². The molecule has 1 heterocycles. The van der Waals surface area contributed by atoms with Crippen molar-refractivity contribution in [1.29, 1.82) is 5.26 Å². The van der Waals surface area contributed by atoms with E-state index in [0.717, 1.165) is 3.70 Å². The van der Waals surface area contributed by atoms with Gasteiger partial charge in [0.25, 0.3) is 5.56 Å². The van der Waals surface area contributed by atoms with Crippen LogP contribution >= 0.6 is 22.6 Å². The van der Waals surface area contributed by atoms with E-state index in [4.69, 9.17) is 14.7 Å². The Morgan fingerprint density at radius 1 is 1.50 bits per heavy atom. The van der Waals surface area contributed by atoms with E-state index in [1.165, 1.54) is 10.6 Å². The molecule has 0 aliphatic carbocycles. The molecule has 0 saturated carbocycles. The normalized spacial score (nSPS) is 10.1. The Bertz CT molecular complexity index is 450. The summed E-state index contributed by atoms with van der Waals surface area (Å²) in [6.07, 6.45) is 0. The Morgan fingerprint density at radius 3 is 2.88 bits per heavy atom. The van der Waals surface area contributed by atoms with E-state index < -0.39 is 0 Å². The predicted octanol–water partition coefficient (Wildman–Crippen LogP) is 0.945. The van der Waals surface area contributed by atoms with Gasteiger partial charge in [0, 0.05) is 7.11 Å². The number of pyridine rings is 1. The molecule has 0 amide bonds. The van der Waals surface area contributed by atoms with Gasteiger partial charge in [0.1, 0.15) is 18.4 Å². The van der Waals surface area contributed by atoms with Gasteiger partial charge in [-0.1, -0.05) is 0 Å². The second-order valence-electron chi connectivity index (χ2n) is 2.94. The molecule has 0 aromatic carbocycles. The first kappa shape index (κ1) is 13.2. The van der Waals surface area contributed by atoms with Gasteiger partial charge in [0.15, 0.2) is 0 Å². The van der Waals surface area contributed by atoms with Gasteiger partial charge < -0.3 is 9.47 Å². The molecule has 1 aromatic rings. The summed E-state index contributed by atoms with van der Waals surface area (Å²) in [7, 11) is 1.58. The summed E-state index contributed by atoms with van der Waals surface area (Å²) in [5, 5.41) is 8.72. The molecular weight excluding hydrogens is 323 g/mol. The fraction of sp³-hybridized carbons (Fsp3) is 0.400. The maximum Gasteiger partial charge on any atom is 0.271 e. The lowest BCUT2D eigenvalue weighted by molar-refractivity contribution is 0.0315. The molecule has 0 unspecified atom stereocenters. The molecule has 0 aliphatic rings. The van der Waals surface area contributed by atoms with E-state index >= 15 is 0 Å². The van der Waals surface area contributed by atoms with Crippen molar-refractivity contribution in [3.63, 3.8) is 0 Å². The summed E-state index contributed by atoms with van der Waals surface area (Å²) in [5.74, 6) is 0. The van der Waals surface area contributed by atoms with E-state index in [0.29, 0.717) is 13.2 Å². The van der Waals surface area contributed by atoms with Crippen molar-refractivity contribution in [1.82, 2.24) is 4.57 Å².